The highest BCUT2D eigenvalue weighted by Gasteiger charge is 2.59. The Morgan fingerprint density at radius 2 is 1.78 bits per heavy atom. The lowest BCUT2D eigenvalue weighted by Crippen LogP contribution is -2.55. The van der Waals surface area contributed by atoms with E-state index in [1.54, 1.807) is 0 Å². The van der Waals surface area contributed by atoms with Crippen molar-refractivity contribution in [3.05, 3.63) is 11.6 Å². The normalized spacial score (nSPS) is 44.0. The van der Waals surface area contributed by atoms with Gasteiger partial charge in [0.2, 0.25) is 5.91 Å². The first-order valence-corrected chi connectivity index (χ1v) is 11.1. The van der Waals surface area contributed by atoms with Crippen molar-refractivity contribution >= 4 is 11.7 Å². The van der Waals surface area contributed by atoms with Crippen molar-refractivity contribution < 1.29 is 9.59 Å². The molecule has 4 aliphatic carbocycles. The molecule has 0 spiro atoms. The van der Waals surface area contributed by atoms with E-state index < -0.39 is 0 Å². The molecule has 3 saturated carbocycles. The van der Waals surface area contributed by atoms with Crippen LogP contribution in [0, 0.1) is 34.0 Å². The number of allylic oxidation sites excluding steroid dienone is 1. The topological polar surface area (TPSA) is 46.2 Å². The van der Waals surface area contributed by atoms with Gasteiger partial charge in [-0.2, -0.15) is 0 Å². The van der Waals surface area contributed by atoms with E-state index in [0.717, 1.165) is 43.4 Å². The summed E-state index contributed by atoms with van der Waals surface area (Å²) < 4.78 is 0. The molecular formula is C24H37NO2. The Morgan fingerprint density at radius 1 is 1.04 bits per heavy atom. The van der Waals surface area contributed by atoms with E-state index in [-0.39, 0.29) is 22.2 Å². The largest absolute Gasteiger partial charge is 0.352 e. The Morgan fingerprint density at radius 3 is 2.48 bits per heavy atom. The predicted octanol–water partition coefficient (Wildman–Crippen LogP) is 5.05. The molecule has 0 aromatic rings. The SMILES string of the molecule is CC(C)(C)C(=O)NC1CC[C@H]2[C@@H]3CCC4=CC(=O)CC[C@]4(C)[C@@H]3CC[C@]12C. The molecule has 0 saturated heterocycles. The minimum atomic E-state index is -0.321. The summed E-state index contributed by atoms with van der Waals surface area (Å²) in [7, 11) is 0. The summed E-state index contributed by atoms with van der Waals surface area (Å²) in [6, 6.07) is 0.327. The fourth-order valence-electron chi connectivity index (χ4n) is 7.17. The third-order valence-electron chi connectivity index (χ3n) is 8.95. The fraction of sp³-hybridized carbons (Fsp3) is 0.833. The summed E-state index contributed by atoms with van der Waals surface area (Å²) in [5, 5.41) is 3.43. The van der Waals surface area contributed by atoms with Crippen LogP contribution in [0.4, 0.5) is 0 Å². The third kappa shape index (κ3) is 2.91. The van der Waals surface area contributed by atoms with E-state index >= 15 is 0 Å². The van der Waals surface area contributed by atoms with Gasteiger partial charge in [-0.3, -0.25) is 9.59 Å². The zero-order valence-electron chi connectivity index (χ0n) is 17.9. The van der Waals surface area contributed by atoms with E-state index in [2.05, 4.69) is 19.2 Å². The Bertz CT molecular complexity index is 687. The van der Waals surface area contributed by atoms with E-state index in [1.807, 2.05) is 26.8 Å². The van der Waals surface area contributed by atoms with Gasteiger partial charge < -0.3 is 5.32 Å². The highest BCUT2D eigenvalue weighted by atomic mass is 16.2. The first-order chi connectivity index (χ1) is 12.6. The minimum Gasteiger partial charge on any atom is -0.352 e. The van der Waals surface area contributed by atoms with Gasteiger partial charge in [0.15, 0.2) is 5.78 Å². The fourth-order valence-corrected chi connectivity index (χ4v) is 7.17. The smallest absolute Gasteiger partial charge is 0.225 e. The Labute approximate surface area is 164 Å². The molecule has 0 bridgehead atoms. The average molecular weight is 372 g/mol. The molecule has 4 rings (SSSR count). The summed E-state index contributed by atoms with van der Waals surface area (Å²) in [6.07, 6.45) is 11.0. The first kappa shape index (κ1) is 19.2. The molecule has 27 heavy (non-hydrogen) atoms. The molecule has 0 radical (unpaired) electrons. The van der Waals surface area contributed by atoms with Crippen LogP contribution in [0.25, 0.3) is 0 Å². The maximum Gasteiger partial charge on any atom is 0.225 e. The molecule has 0 heterocycles. The number of fused-ring (bicyclic) bond motifs is 5. The molecule has 0 aliphatic heterocycles. The quantitative estimate of drug-likeness (QED) is 0.701. The lowest BCUT2D eigenvalue weighted by Gasteiger charge is -2.58. The molecule has 1 N–H and O–H groups in total. The number of nitrogens with one attached hydrogen (secondary N) is 1. The Balaban J connectivity index is 1.57. The number of rotatable bonds is 1. The molecule has 0 aromatic heterocycles. The van der Waals surface area contributed by atoms with Crippen molar-refractivity contribution in [2.75, 3.05) is 0 Å². The van der Waals surface area contributed by atoms with Crippen molar-refractivity contribution in [2.45, 2.75) is 92.0 Å². The van der Waals surface area contributed by atoms with Crippen molar-refractivity contribution in [3.8, 4) is 0 Å². The van der Waals surface area contributed by atoms with Crippen LogP contribution in [0.2, 0.25) is 0 Å². The maximum atomic E-state index is 12.6. The monoisotopic (exact) mass is 371 g/mol. The van der Waals surface area contributed by atoms with Crippen molar-refractivity contribution in [3.63, 3.8) is 0 Å². The highest BCUT2D eigenvalue weighted by Crippen LogP contribution is 2.65. The molecule has 4 aliphatic rings. The van der Waals surface area contributed by atoms with Crippen LogP contribution in [0.5, 0.6) is 0 Å². The van der Waals surface area contributed by atoms with Gasteiger partial charge in [0.05, 0.1) is 0 Å². The number of carbonyl (C=O) groups is 2. The van der Waals surface area contributed by atoms with Crippen molar-refractivity contribution in [1.82, 2.24) is 5.32 Å². The standard InChI is InChI=1S/C24H37NO2/c1-22(2,3)21(27)25-20-9-8-18-17-7-6-15-14-16(26)10-12-23(15,4)19(17)11-13-24(18,20)5/h14,17-20H,6-13H2,1-5H3,(H,25,27)/t17-,18-,19+,20?,23-,24-/m0/s1. The molecule has 1 amide bonds. The van der Waals surface area contributed by atoms with E-state index in [4.69, 9.17) is 0 Å². The van der Waals surface area contributed by atoms with E-state index in [9.17, 15) is 9.59 Å². The second-order valence-electron chi connectivity index (χ2n) is 11.4. The zero-order valence-corrected chi connectivity index (χ0v) is 17.9. The zero-order chi connectivity index (χ0) is 19.6. The van der Waals surface area contributed by atoms with Crippen LogP contribution in [0.15, 0.2) is 11.6 Å². The van der Waals surface area contributed by atoms with Crippen molar-refractivity contribution in [2.24, 2.45) is 34.0 Å². The van der Waals surface area contributed by atoms with Crippen LogP contribution in [0.3, 0.4) is 0 Å². The van der Waals surface area contributed by atoms with Gasteiger partial charge in [0, 0.05) is 17.9 Å². The molecule has 6 atom stereocenters. The number of carbonyl (C=O) groups excluding carboxylic acids is 2. The van der Waals surface area contributed by atoms with Gasteiger partial charge in [-0.15, -0.1) is 0 Å². The average Bonchev–Trinajstić information content (AvgIpc) is 2.91. The molecule has 150 valence electrons. The van der Waals surface area contributed by atoms with E-state index in [0.29, 0.717) is 11.8 Å². The predicted molar refractivity (Wildman–Crippen MR) is 108 cm³/mol. The van der Waals surface area contributed by atoms with Gasteiger partial charge in [0.25, 0.3) is 0 Å². The minimum absolute atomic E-state index is 0.197. The summed E-state index contributed by atoms with van der Waals surface area (Å²) in [4.78, 5) is 24.6. The van der Waals surface area contributed by atoms with Crippen LogP contribution in [0.1, 0.15) is 86.0 Å². The highest BCUT2D eigenvalue weighted by molar-refractivity contribution is 5.91. The van der Waals surface area contributed by atoms with Gasteiger partial charge in [-0.25, -0.2) is 0 Å². The number of amides is 1. The third-order valence-corrected chi connectivity index (χ3v) is 8.95. The lowest BCUT2D eigenvalue weighted by molar-refractivity contribution is -0.131. The second-order valence-corrected chi connectivity index (χ2v) is 11.4. The summed E-state index contributed by atoms with van der Waals surface area (Å²) >= 11 is 0. The molecular weight excluding hydrogens is 334 g/mol. The van der Waals surface area contributed by atoms with Crippen LogP contribution in [-0.2, 0) is 9.59 Å². The number of hydrogen-bond donors (Lipinski definition) is 1. The Hall–Kier alpha value is -1.12. The van der Waals surface area contributed by atoms with Gasteiger partial charge in [0.1, 0.15) is 0 Å². The van der Waals surface area contributed by atoms with Gasteiger partial charge in [-0.05, 0) is 79.6 Å². The van der Waals surface area contributed by atoms with Crippen molar-refractivity contribution in [1.29, 1.82) is 0 Å². The molecule has 1 unspecified atom stereocenters. The summed E-state index contributed by atoms with van der Waals surface area (Å²) in [5.74, 6) is 2.74. The molecule has 3 nitrogen and oxygen atoms in total. The maximum absolute atomic E-state index is 12.6. The first-order valence-electron chi connectivity index (χ1n) is 11.1. The molecule has 0 aromatic carbocycles. The molecule has 3 heteroatoms. The lowest BCUT2D eigenvalue weighted by atomic mass is 9.47. The Kier molecular flexibility index (Phi) is 4.40. The van der Waals surface area contributed by atoms with Gasteiger partial charge >= 0.3 is 0 Å². The van der Waals surface area contributed by atoms with Crippen LogP contribution >= 0.6 is 0 Å². The molecule has 3 fully saturated rings. The van der Waals surface area contributed by atoms with E-state index in [1.165, 1.54) is 31.3 Å². The van der Waals surface area contributed by atoms with Crippen LogP contribution < -0.4 is 5.32 Å². The van der Waals surface area contributed by atoms with Gasteiger partial charge in [-0.1, -0.05) is 40.2 Å². The number of ketones is 1. The number of hydrogen-bond acceptors (Lipinski definition) is 2. The summed E-state index contributed by atoms with van der Waals surface area (Å²) in [5.41, 5.74) is 1.60. The second kappa shape index (κ2) is 6.19. The van der Waals surface area contributed by atoms with Crippen LogP contribution in [-0.4, -0.2) is 17.7 Å². The summed E-state index contributed by atoms with van der Waals surface area (Å²) in [6.45, 7) is 10.9.